The fraction of sp³-hybridized carbons (Fsp3) is 0.400. The standard InChI is InChI=1S/C11H12BrFN6O3.2C2H6.H3NS/c12-7-5-6(1-2-8(7)13)16-11(17-20)9-10(19-22-18-9)15-3-4-21-14;3*1-2/h1-2,5,20H,3-4,14H2,(H,15,19)(H,16,17);2*1-2H3;2H,1H2. The molecule has 2 aromatic rings. The fourth-order valence-corrected chi connectivity index (χ4v) is 1.87. The molecule has 0 aliphatic rings. The maximum absolute atomic E-state index is 13.2. The zero-order valence-electron chi connectivity index (χ0n) is 16.1. The predicted molar refractivity (Wildman–Crippen MR) is 114 cm³/mol. The SMILES string of the molecule is CC.CC.NOCCNc1nonc1C(=Nc1ccc(F)c(Br)c1)NO.NS. The molecule has 0 aliphatic carbocycles. The second-order valence-electron chi connectivity index (χ2n) is 3.93. The van der Waals surface area contributed by atoms with Crippen molar-refractivity contribution >= 4 is 46.1 Å². The summed E-state index contributed by atoms with van der Waals surface area (Å²) in [5.41, 5.74) is 2.42. The van der Waals surface area contributed by atoms with E-state index in [1.807, 2.05) is 33.2 Å². The Hall–Kier alpha value is -1.77. The first-order valence-electron chi connectivity index (χ1n) is 8.24. The Morgan fingerprint density at radius 1 is 1.32 bits per heavy atom. The first kappa shape index (κ1) is 28.4. The molecule has 0 bridgehead atoms. The van der Waals surface area contributed by atoms with Crippen LogP contribution in [0.5, 0.6) is 0 Å². The van der Waals surface area contributed by atoms with E-state index in [0.717, 1.165) is 0 Å². The van der Waals surface area contributed by atoms with Gasteiger partial charge in [-0.05, 0) is 44.4 Å². The van der Waals surface area contributed by atoms with Crippen molar-refractivity contribution in [3.8, 4) is 0 Å². The summed E-state index contributed by atoms with van der Waals surface area (Å²) in [6.07, 6.45) is 0. The first-order valence-corrected chi connectivity index (χ1v) is 9.54. The van der Waals surface area contributed by atoms with Crippen LogP contribution in [0.4, 0.5) is 15.9 Å². The number of amidine groups is 1. The Morgan fingerprint density at radius 3 is 2.50 bits per heavy atom. The van der Waals surface area contributed by atoms with Gasteiger partial charge in [0.1, 0.15) is 5.82 Å². The van der Waals surface area contributed by atoms with Crippen molar-refractivity contribution in [2.75, 3.05) is 18.5 Å². The summed E-state index contributed by atoms with van der Waals surface area (Å²) in [5, 5.41) is 23.5. The predicted octanol–water partition coefficient (Wildman–Crippen LogP) is 3.17. The minimum Gasteiger partial charge on any atom is -0.363 e. The van der Waals surface area contributed by atoms with Crippen LogP contribution in [0.2, 0.25) is 0 Å². The zero-order chi connectivity index (χ0) is 21.9. The lowest BCUT2D eigenvalue weighted by molar-refractivity contribution is 0.148. The van der Waals surface area contributed by atoms with Gasteiger partial charge >= 0.3 is 0 Å². The molecule has 13 heteroatoms. The number of nitrogens with zero attached hydrogens (tertiary/aromatic N) is 3. The third-order valence-electron chi connectivity index (χ3n) is 2.48. The molecule has 1 aromatic heterocycles. The number of anilines is 1. The molecule has 28 heavy (non-hydrogen) atoms. The Kier molecular flexibility index (Phi) is 18.9. The Morgan fingerprint density at radius 2 is 1.96 bits per heavy atom. The minimum atomic E-state index is -0.426. The van der Waals surface area contributed by atoms with E-state index >= 15 is 0 Å². The van der Waals surface area contributed by atoms with Gasteiger partial charge in [-0.25, -0.2) is 19.9 Å². The van der Waals surface area contributed by atoms with Gasteiger partial charge in [0.2, 0.25) is 5.82 Å². The van der Waals surface area contributed by atoms with Gasteiger partial charge in [0, 0.05) is 6.54 Å². The van der Waals surface area contributed by atoms with E-state index in [1.165, 1.54) is 18.2 Å². The summed E-state index contributed by atoms with van der Waals surface area (Å²) in [6.45, 7) is 8.58. The highest BCUT2D eigenvalue weighted by atomic mass is 79.9. The quantitative estimate of drug-likeness (QED) is 0.119. The van der Waals surface area contributed by atoms with Crippen molar-refractivity contribution in [1.82, 2.24) is 15.8 Å². The van der Waals surface area contributed by atoms with E-state index in [-0.39, 0.29) is 28.4 Å². The number of benzene rings is 1. The molecule has 0 fully saturated rings. The van der Waals surface area contributed by atoms with E-state index in [4.69, 9.17) is 5.90 Å². The Labute approximate surface area is 177 Å². The van der Waals surface area contributed by atoms with Crippen LogP contribution in [-0.4, -0.2) is 34.5 Å². The van der Waals surface area contributed by atoms with Crippen molar-refractivity contribution < 1.29 is 19.1 Å². The molecular formula is C15H27BrFN7O3S. The van der Waals surface area contributed by atoms with Gasteiger partial charge in [-0.15, -0.1) is 12.8 Å². The number of hydrogen-bond donors (Lipinski definition) is 6. The molecule has 1 aromatic carbocycles. The van der Waals surface area contributed by atoms with Gasteiger partial charge in [0.25, 0.3) is 0 Å². The average Bonchev–Trinajstić information content (AvgIpc) is 3.22. The number of aliphatic imine (C=N–C) groups is 1. The molecule has 0 saturated carbocycles. The molecule has 10 nitrogen and oxygen atoms in total. The highest BCUT2D eigenvalue weighted by Gasteiger charge is 2.16. The number of halogens is 2. The van der Waals surface area contributed by atoms with Crippen LogP contribution in [0.3, 0.4) is 0 Å². The lowest BCUT2D eigenvalue weighted by Gasteiger charge is -2.05. The van der Waals surface area contributed by atoms with Gasteiger partial charge in [0.15, 0.2) is 11.5 Å². The lowest BCUT2D eigenvalue weighted by atomic mass is 10.3. The van der Waals surface area contributed by atoms with Crippen LogP contribution in [0.25, 0.3) is 0 Å². The molecule has 160 valence electrons. The summed E-state index contributed by atoms with van der Waals surface area (Å²) in [7, 11) is 0. The molecule has 0 unspecified atom stereocenters. The minimum absolute atomic E-state index is 0.0316. The van der Waals surface area contributed by atoms with E-state index in [0.29, 0.717) is 12.2 Å². The summed E-state index contributed by atoms with van der Waals surface area (Å²) in [4.78, 5) is 8.52. The zero-order valence-corrected chi connectivity index (χ0v) is 18.6. The number of hydrogen-bond acceptors (Lipinski definition) is 10. The summed E-state index contributed by atoms with van der Waals surface area (Å²) < 4.78 is 18.0. The largest absolute Gasteiger partial charge is 0.363 e. The molecule has 2 rings (SSSR count). The molecule has 0 aliphatic heterocycles. The molecule has 7 N–H and O–H groups in total. The molecular weight excluding hydrogens is 457 g/mol. The smallest absolute Gasteiger partial charge is 0.202 e. The molecule has 0 spiro atoms. The van der Waals surface area contributed by atoms with Crippen molar-refractivity contribution in [2.45, 2.75) is 27.7 Å². The normalized spacial score (nSPS) is 9.71. The van der Waals surface area contributed by atoms with Gasteiger partial charge in [0.05, 0.1) is 16.8 Å². The van der Waals surface area contributed by atoms with Crippen LogP contribution >= 0.6 is 28.7 Å². The molecule has 0 amide bonds. The molecule has 0 atom stereocenters. The van der Waals surface area contributed by atoms with Crippen LogP contribution in [0.15, 0.2) is 32.3 Å². The molecule has 1 heterocycles. The van der Waals surface area contributed by atoms with Crippen molar-refractivity contribution in [3.63, 3.8) is 0 Å². The van der Waals surface area contributed by atoms with Gasteiger partial charge < -0.3 is 10.2 Å². The maximum Gasteiger partial charge on any atom is 0.202 e. The fourth-order valence-electron chi connectivity index (χ4n) is 1.50. The van der Waals surface area contributed by atoms with E-state index in [1.54, 1.807) is 0 Å². The number of nitrogens with two attached hydrogens (primary N) is 2. The number of nitrogens with one attached hydrogen (secondary N) is 2. The summed E-state index contributed by atoms with van der Waals surface area (Å²) >= 11 is 6.08. The van der Waals surface area contributed by atoms with Gasteiger partial charge in [-0.3, -0.25) is 15.8 Å². The van der Waals surface area contributed by atoms with Crippen molar-refractivity contribution in [3.05, 3.63) is 34.2 Å². The second-order valence-corrected chi connectivity index (χ2v) is 4.78. The molecule has 0 radical (unpaired) electrons. The second kappa shape index (κ2) is 18.6. The first-order chi connectivity index (χ1) is 13.7. The topological polar surface area (TPSA) is 157 Å². The maximum atomic E-state index is 13.2. The number of hydroxylamine groups is 1. The highest BCUT2D eigenvalue weighted by Crippen LogP contribution is 2.23. The number of rotatable bonds is 6. The van der Waals surface area contributed by atoms with Gasteiger partial charge in [-0.1, -0.05) is 27.7 Å². The Balaban J connectivity index is 0. The number of aromatic nitrogens is 2. The summed E-state index contributed by atoms with van der Waals surface area (Å²) in [6, 6.07) is 4.10. The van der Waals surface area contributed by atoms with E-state index in [2.05, 4.69) is 64.0 Å². The van der Waals surface area contributed by atoms with E-state index in [9.17, 15) is 9.60 Å². The van der Waals surface area contributed by atoms with Crippen molar-refractivity contribution in [2.24, 2.45) is 16.0 Å². The average molecular weight is 484 g/mol. The van der Waals surface area contributed by atoms with E-state index < -0.39 is 5.82 Å². The Bertz CT molecular complexity index is 677. The molecule has 0 saturated heterocycles. The van der Waals surface area contributed by atoms with Crippen molar-refractivity contribution in [1.29, 1.82) is 0 Å². The highest BCUT2D eigenvalue weighted by molar-refractivity contribution is 9.10. The van der Waals surface area contributed by atoms with Gasteiger partial charge in [-0.2, -0.15) is 0 Å². The number of thiol groups is 1. The van der Waals surface area contributed by atoms with Crippen LogP contribution < -0.4 is 21.8 Å². The monoisotopic (exact) mass is 483 g/mol. The van der Waals surface area contributed by atoms with Crippen LogP contribution in [-0.2, 0) is 4.84 Å². The van der Waals surface area contributed by atoms with Crippen LogP contribution in [0, 0.1) is 5.82 Å². The third-order valence-corrected chi connectivity index (χ3v) is 3.08. The summed E-state index contributed by atoms with van der Waals surface area (Å²) in [5.74, 6) is 4.69. The van der Waals surface area contributed by atoms with Crippen LogP contribution in [0.1, 0.15) is 33.4 Å². The lowest BCUT2D eigenvalue weighted by Crippen LogP contribution is -2.22. The third kappa shape index (κ3) is 9.96.